The van der Waals surface area contributed by atoms with Crippen LogP contribution in [-0.2, 0) is 0 Å². The first kappa shape index (κ1) is 27.6. The minimum Gasteiger partial charge on any atom is -0.490 e. The highest BCUT2D eigenvalue weighted by molar-refractivity contribution is 7.15. The number of hydrogen-bond acceptors (Lipinski definition) is 9. The van der Waals surface area contributed by atoms with E-state index in [4.69, 9.17) is 15.9 Å². The monoisotopic (exact) mass is 563 g/mol. The molecule has 3 heterocycles. The van der Waals surface area contributed by atoms with Gasteiger partial charge in [0.2, 0.25) is 0 Å². The Hall–Kier alpha value is -5.01. The predicted molar refractivity (Wildman–Crippen MR) is 163 cm³/mol. The highest BCUT2D eigenvalue weighted by Crippen LogP contribution is 2.32. The van der Waals surface area contributed by atoms with Crippen LogP contribution in [0.3, 0.4) is 0 Å². The van der Waals surface area contributed by atoms with Crippen molar-refractivity contribution in [3.8, 4) is 22.9 Å². The Balaban J connectivity index is 1.57. The molecule has 0 saturated carbocycles. The number of benzene rings is 2. The molecule has 0 aliphatic carbocycles. The Bertz CT molecular complexity index is 1870. The Labute approximate surface area is 241 Å². The molecule has 41 heavy (non-hydrogen) atoms. The summed E-state index contributed by atoms with van der Waals surface area (Å²) in [7, 11) is 0. The molecule has 0 fully saturated rings. The molecule has 1 atom stereocenters. The van der Waals surface area contributed by atoms with Crippen LogP contribution in [0.5, 0.6) is 5.75 Å². The van der Waals surface area contributed by atoms with E-state index in [1.165, 1.54) is 17.7 Å². The molecule has 0 aliphatic heterocycles. The number of nitriles is 1. The number of nitrogens with zero attached hydrogens (tertiary/aromatic N) is 4. The Morgan fingerprint density at radius 1 is 1.15 bits per heavy atom. The summed E-state index contributed by atoms with van der Waals surface area (Å²) in [6, 6.07) is 18.3. The molecule has 9 nitrogen and oxygen atoms in total. The molecule has 5 rings (SSSR count). The van der Waals surface area contributed by atoms with E-state index in [1.807, 2.05) is 69.5 Å². The molecule has 4 N–H and O–H groups in total. The van der Waals surface area contributed by atoms with Gasteiger partial charge in [-0.3, -0.25) is 14.6 Å². The van der Waals surface area contributed by atoms with E-state index in [-0.39, 0.29) is 29.2 Å². The summed E-state index contributed by atoms with van der Waals surface area (Å²) in [6.07, 6.45) is 1.23. The van der Waals surface area contributed by atoms with Gasteiger partial charge in [-0.05, 0) is 63.1 Å². The summed E-state index contributed by atoms with van der Waals surface area (Å²) in [6.45, 7) is 7.62. The molecule has 2 aromatic carbocycles. The highest BCUT2D eigenvalue weighted by atomic mass is 32.1. The van der Waals surface area contributed by atoms with E-state index in [2.05, 4.69) is 21.4 Å². The Morgan fingerprint density at radius 3 is 2.61 bits per heavy atom. The smallest absolute Gasteiger partial charge is 0.264 e. The van der Waals surface area contributed by atoms with Gasteiger partial charge in [0, 0.05) is 16.6 Å². The lowest BCUT2D eigenvalue weighted by Gasteiger charge is -2.21. The number of anilines is 2. The second-order valence-corrected chi connectivity index (χ2v) is 10.8. The normalized spacial score (nSPS) is 11.8. The molecule has 0 unspecified atom stereocenters. The van der Waals surface area contributed by atoms with Crippen LogP contribution in [0.2, 0.25) is 0 Å². The topological polar surface area (TPSA) is 142 Å². The number of nitrogen functional groups attached to an aromatic ring is 1. The molecular formula is C31H29N7O2S. The van der Waals surface area contributed by atoms with E-state index in [0.717, 1.165) is 21.7 Å². The summed E-state index contributed by atoms with van der Waals surface area (Å²) in [4.78, 5) is 23.2. The zero-order chi connectivity index (χ0) is 29.3. The van der Waals surface area contributed by atoms with Gasteiger partial charge in [0.25, 0.3) is 5.56 Å². The third-order valence-corrected chi connectivity index (χ3v) is 7.67. The molecule has 0 aliphatic rings. The lowest BCUT2D eigenvalue weighted by molar-refractivity contribution is 0.241. The molecule has 3 aromatic heterocycles. The number of aryl methyl sites for hydroxylation is 1. The first-order valence-electron chi connectivity index (χ1n) is 13.1. The maximum absolute atomic E-state index is 13.8. The van der Waals surface area contributed by atoms with Gasteiger partial charge in [-0.1, -0.05) is 30.3 Å². The first-order valence-corrected chi connectivity index (χ1v) is 13.9. The summed E-state index contributed by atoms with van der Waals surface area (Å²) >= 11 is 1.50. The quantitative estimate of drug-likeness (QED) is 0.198. The van der Waals surface area contributed by atoms with E-state index in [9.17, 15) is 10.1 Å². The Morgan fingerprint density at radius 2 is 1.90 bits per heavy atom. The fraction of sp³-hybridized carbons (Fsp3) is 0.194. The standard InChI is InChI=1S/C31H29N7O2S/c1-17(2)40-24-11-10-21(12-22(24)14-32)28(33)27-29(34)35-16-36-30(27)37-19(4)23-13-25-38(18(3)15-41-25)31(39)26(23)20-8-6-5-7-9-20/h5-13,15-17,19,33H,1-4H3,(H3,34,35,36,37)/t19-/m0/s1. The molecule has 0 radical (unpaired) electrons. The average Bonchev–Trinajstić information content (AvgIpc) is 3.33. The van der Waals surface area contributed by atoms with Crippen LogP contribution in [0.15, 0.2) is 71.1 Å². The summed E-state index contributed by atoms with van der Waals surface area (Å²) in [5, 5.41) is 24.0. The molecule has 206 valence electrons. The summed E-state index contributed by atoms with van der Waals surface area (Å²) < 4.78 is 7.46. The number of aromatic nitrogens is 3. The van der Waals surface area contributed by atoms with Crippen LogP contribution in [0.25, 0.3) is 16.0 Å². The number of thiazole rings is 1. The minimum atomic E-state index is -0.386. The van der Waals surface area contributed by atoms with Crippen LogP contribution in [-0.4, -0.2) is 26.2 Å². The van der Waals surface area contributed by atoms with Gasteiger partial charge in [-0.2, -0.15) is 5.26 Å². The summed E-state index contributed by atoms with van der Waals surface area (Å²) in [5.74, 6) is 0.910. The van der Waals surface area contributed by atoms with Crippen molar-refractivity contribution in [2.24, 2.45) is 0 Å². The predicted octanol–water partition coefficient (Wildman–Crippen LogP) is 5.96. The second kappa shape index (κ2) is 11.2. The first-order chi connectivity index (χ1) is 19.7. The van der Waals surface area contributed by atoms with E-state index < -0.39 is 0 Å². The van der Waals surface area contributed by atoms with Gasteiger partial charge in [0.05, 0.1) is 34.5 Å². The number of nitrogens with one attached hydrogen (secondary N) is 2. The molecule has 0 saturated heterocycles. The van der Waals surface area contributed by atoms with Crippen molar-refractivity contribution >= 4 is 33.5 Å². The van der Waals surface area contributed by atoms with E-state index in [1.54, 1.807) is 22.6 Å². The van der Waals surface area contributed by atoms with Crippen LogP contribution in [0, 0.1) is 23.7 Å². The number of fused-ring (bicyclic) bond motifs is 1. The molecule has 5 aromatic rings. The lowest BCUT2D eigenvalue weighted by Crippen LogP contribution is -2.22. The molecule has 0 bridgehead atoms. The van der Waals surface area contributed by atoms with Crippen LogP contribution < -0.4 is 21.3 Å². The van der Waals surface area contributed by atoms with Crippen molar-refractivity contribution in [1.29, 1.82) is 10.7 Å². The van der Waals surface area contributed by atoms with Crippen LogP contribution in [0.1, 0.15) is 54.8 Å². The van der Waals surface area contributed by atoms with Crippen LogP contribution in [0.4, 0.5) is 11.6 Å². The van der Waals surface area contributed by atoms with E-state index >= 15 is 0 Å². The van der Waals surface area contributed by atoms with Gasteiger partial charge >= 0.3 is 0 Å². The minimum absolute atomic E-state index is 0.0538. The zero-order valence-corrected chi connectivity index (χ0v) is 23.9. The van der Waals surface area contributed by atoms with Crippen molar-refractivity contribution in [2.45, 2.75) is 39.8 Å². The third-order valence-electron chi connectivity index (χ3n) is 6.67. The number of ether oxygens (including phenoxy) is 1. The molecule has 10 heteroatoms. The molecule has 0 spiro atoms. The third kappa shape index (κ3) is 5.27. The number of pyridine rings is 1. The van der Waals surface area contributed by atoms with Gasteiger partial charge in [0.1, 0.15) is 34.6 Å². The van der Waals surface area contributed by atoms with Crippen molar-refractivity contribution < 1.29 is 4.74 Å². The fourth-order valence-corrected chi connectivity index (χ4v) is 5.70. The van der Waals surface area contributed by atoms with Gasteiger partial charge in [-0.15, -0.1) is 11.3 Å². The largest absolute Gasteiger partial charge is 0.490 e. The van der Waals surface area contributed by atoms with Crippen molar-refractivity contribution in [3.63, 3.8) is 0 Å². The lowest BCUT2D eigenvalue weighted by atomic mass is 9.96. The van der Waals surface area contributed by atoms with Crippen LogP contribution >= 0.6 is 11.3 Å². The fourth-order valence-electron chi connectivity index (χ4n) is 4.77. The Kier molecular flexibility index (Phi) is 7.55. The van der Waals surface area contributed by atoms with Gasteiger partial charge in [0.15, 0.2) is 0 Å². The SMILES string of the molecule is Cc1csc2cc([C@H](C)Nc3ncnc(N)c3C(=N)c3ccc(OC(C)C)c(C#N)c3)c(-c3ccccc3)c(=O)n12. The maximum atomic E-state index is 13.8. The zero-order valence-electron chi connectivity index (χ0n) is 23.1. The molecular weight excluding hydrogens is 534 g/mol. The number of nitrogens with two attached hydrogens (primary N) is 1. The second-order valence-electron chi connectivity index (χ2n) is 9.91. The van der Waals surface area contributed by atoms with Crippen molar-refractivity contribution in [1.82, 2.24) is 14.4 Å². The van der Waals surface area contributed by atoms with Crippen molar-refractivity contribution in [3.05, 3.63) is 105 Å². The van der Waals surface area contributed by atoms with E-state index in [0.29, 0.717) is 33.8 Å². The maximum Gasteiger partial charge on any atom is 0.264 e. The van der Waals surface area contributed by atoms with Crippen molar-refractivity contribution in [2.75, 3.05) is 11.1 Å². The highest BCUT2D eigenvalue weighted by Gasteiger charge is 2.23. The van der Waals surface area contributed by atoms with Gasteiger partial charge in [-0.25, -0.2) is 9.97 Å². The molecule has 0 amide bonds. The van der Waals surface area contributed by atoms with Gasteiger partial charge < -0.3 is 15.8 Å². The average molecular weight is 564 g/mol. The number of hydrogen-bond donors (Lipinski definition) is 3. The number of rotatable bonds is 8. The summed E-state index contributed by atoms with van der Waals surface area (Å²) in [5.41, 5.74) is 10.4.